The molecule has 0 saturated carbocycles. The van der Waals surface area contributed by atoms with Gasteiger partial charge in [0, 0.05) is 18.2 Å². The van der Waals surface area contributed by atoms with E-state index >= 15 is 0 Å². The van der Waals surface area contributed by atoms with Crippen molar-refractivity contribution < 1.29 is 14.0 Å². The maximum atomic E-state index is 6.03. The average molecular weight is 482 g/mol. The molecule has 10 nitrogen and oxygen atoms in total. The van der Waals surface area contributed by atoms with Crippen LogP contribution in [-0.4, -0.2) is 36.1 Å². The van der Waals surface area contributed by atoms with Crippen molar-refractivity contribution >= 4 is 5.71 Å². The van der Waals surface area contributed by atoms with E-state index in [2.05, 4.69) is 43.9 Å². The zero-order valence-electron chi connectivity index (χ0n) is 19.8. The second-order valence-electron chi connectivity index (χ2n) is 7.79. The number of tetrazole rings is 1. The Kier molecular flexibility index (Phi) is 6.74. The van der Waals surface area contributed by atoms with E-state index in [-0.39, 0.29) is 12.5 Å². The normalized spacial score (nSPS) is 11.4. The molecule has 5 rings (SSSR count). The third-order valence-corrected chi connectivity index (χ3v) is 5.37. The molecule has 10 heteroatoms. The van der Waals surface area contributed by atoms with Gasteiger partial charge in [-0.05, 0) is 52.7 Å². The van der Waals surface area contributed by atoms with E-state index in [0.717, 1.165) is 34.6 Å². The van der Waals surface area contributed by atoms with Crippen LogP contribution in [-0.2, 0) is 24.9 Å². The minimum absolute atomic E-state index is 0.0103. The molecule has 5 aromatic rings. The smallest absolute Gasteiger partial charge is 0.257 e. The number of hydrogen-bond acceptors (Lipinski definition) is 9. The summed E-state index contributed by atoms with van der Waals surface area (Å²) in [5.74, 6) is 2.70. The number of oxime groups is 1. The Bertz CT molecular complexity index is 1460. The first-order valence-electron chi connectivity index (χ1n) is 11.4. The lowest BCUT2D eigenvalue weighted by molar-refractivity contribution is 0.111. The van der Waals surface area contributed by atoms with Crippen molar-refractivity contribution in [1.82, 2.24) is 30.4 Å². The number of aryl methyl sites for hydroxylation is 2. The third kappa shape index (κ3) is 5.12. The highest BCUT2D eigenvalue weighted by atomic mass is 16.6. The Morgan fingerprint density at radius 3 is 2.44 bits per heavy atom. The summed E-state index contributed by atoms with van der Waals surface area (Å²) in [6, 6.07) is 25.0. The highest BCUT2D eigenvalue weighted by Crippen LogP contribution is 2.28. The summed E-state index contributed by atoms with van der Waals surface area (Å²) in [4.78, 5) is 5.53. The number of hydrogen-bond donors (Lipinski definition) is 0. The van der Waals surface area contributed by atoms with E-state index in [1.54, 1.807) is 7.05 Å². The van der Waals surface area contributed by atoms with Crippen LogP contribution in [0.1, 0.15) is 29.8 Å². The quantitative estimate of drug-likeness (QED) is 0.222. The molecule has 0 amide bonds. The Hall–Kier alpha value is -4.86. The van der Waals surface area contributed by atoms with Crippen LogP contribution >= 0.6 is 0 Å². The van der Waals surface area contributed by atoms with Crippen LogP contribution in [0.2, 0.25) is 0 Å². The molecule has 0 unspecified atom stereocenters. The topological polar surface area (TPSA) is 113 Å². The van der Waals surface area contributed by atoms with Crippen LogP contribution in [0.25, 0.3) is 11.5 Å². The summed E-state index contributed by atoms with van der Waals surface area (Å²) in [5.41, 5.74) is 3.22. The van der Waals surface area contributed by atoms with Crippen molar-refractivity contribution in [1.29, 1.82) is 0 Å². The molecule has 0 radical (unpaired) electrons. The maximum absolute atomic E-state index is 6.03. The van der Waals surface area contributed by atoms with Crippen molar-refractivity contribution in [3.8, 4) is 23.0 Å². The monoisotopic (exact) mass is 481 g/mol. The van der Waals surface area contributed by atoms with Gasteiger partial charge in [0.05, 0.1) is 0 Å². The van der Waals surface area contributed by atoms with Gasteiger partial charge >= 0.3 is 0 Å². The summed E-state index contributed by atoms with van der Waals surface area (Å²) in [5, 5.41) is 24.0. The molecule has 0 aliphatic carbocycles. The van der Waals surface area contributed by atoms with Gasteiger partial charge in [-0.2, -0.15) is 0 Å². The molecule has 0 bridgehead atoms. The molecule has 0 saturated heterocycles. The first-order chi connectivity index (χ1) is 17.7. The van der Waals surface area contributed by atoms with Gasteiger partial charge in [0.25, 0.3) is 5.89 Å². The van der Waals surface area contributed by atoms with Crippen LogP contribution in [0.4, 0.5) is 0 Å². The highest BCUT2D eigenvalue weighted by molar-refractivity contribution is 6.10. The van der Waals surface area contributed by atoms with Crippen molar-refractivity contribution in [3.05, 3.63) is 102 Å². The average Bonchev–Trinajstić information content (AvgIpc) is 3.57. The van der Waals surface area contributed by atoms with Crippen LogP contribution < -0.4 is 4.74 Å². The van der Waals surface area contributed by atoms with Gasteiger partial charge in [0.1, 0.15) is 11.5 Å². The zero-order chi connectivity index (χ0) is 24.7. The van der Waals surface area contributed by atoms with E-state index in [0.29, 0.717) is 17.4 Å². The van der Waals surface area contributed by atoms with Crippen LogP contribution in [0.5, 0.6) is 11.5 Å². The molecule has 3 aromatic carbocycles. The summed E-state index contributed by atoms with van der Waals surface area (Å²) < 4.78 is 13.3. The lowest BCUT2D eigenvalue weighted by Crippen LogP contribution is -2.12. The standard InChI is InChI=1S/C26H23N7O3/c1-3-18-9-7-8-12-22(18)35-21-15-13-20(14-16-21)26-29-27-23(36-26)17-34-30-24(19-10-5-4-6-11-19)25-28-31-32-33(25)2/h4-16H,3,17H2,1-2H3/b30-24-. The van der Waals surface area contributed by atoms with Crippen LogP contribution in [0, 0.1) is 0 Å². The largest absolute Gasteiger partial charge is 0.457 e. The fourth-order valence-electron chi connectivity index (χ4n) is 3.52. The van der Waals surface area contributed by atoms with E-state index < -0.39 is 0 Å². The third-order valence-electron chi connectivity index (χ3n) is 5.37. The fraction of sp³-hybridized carbons (Fsp3) is 0.154. The number of nitrogens with zero attached hydrogens (tertiary/aromatic N) is 7. The summed E-state index contributed by atoms with van der Waals surface area (Å²) in [6.45, 7) is 2.09. The van der Waals surface area contributed by atoms with Gasteiger partial charge in [0.15, 0.2) is 12.3 Å². The molecular weight excluding hydrogens is 458 g/mol. The first-order valence-corrected chi connectivity index (χ1v) is 11.4. The predicted molar refractivity (Wildman–Crippen MR) is 131 cm³/mol. The minimum Gasteiger partial charge on any atom is -0.457 e. The van der Waals surface area contributed by atoms with E-state index in [1.807, 2.05) is 72.8 Å². The molecule has 0 aliphatic rings. The van der Waals surface area contributed by atoms with Gasteiger partial charge in [-0.15, -0.1) is 15.3 Å². The molecule has 2 heterocycles. The van der Waals surface area contributed by atoms with E-state index in [1.165, 1.54) is 4.68 Å². The number of rotatable bonds is 9. The number of aromatic nitrogens is 6. The van der Waals surface area contributed by atoms with Gasteiger partial charge in [-0.3, -0.25) is 0 Å². The molecule has 0 aliphatic heterocycles. The number of para-hydroxylation sites is 1. The highest BCUT2D eigenvalue weighted by Gasteiger charge is 2.15. The SMILES string of the molecule is CCc1ccccc1Oc1ccc(-c2nnc(CO/N=C(/c3ccccc3)c3nnnn3C)o2)cc1. The molecule has 0 spiro atoms. The second-order valence-corrected chi connectivity index (χ2v) is 7.79. The molecule has 36 heavy (non-hydrogen) atoms. The van der Waals surface area contributed by atoms with Gasteiger partial charge in [-0.25, -0.2) is 4.68 Å². The van der Waals surface area contributed by atoms with Crippen molar-refractivity contribution in [2.24, 2.45) is 12.2 Å². The second kappa shape index (κ2) is 10.6. The molecular formula is C26H23N7O3. The Balaban J connectivity index is 1.27. The fourth-order valence-corrected chi connectivity index (χ4v) is 3.52. The maximum Gasteiger partial charge on any atom is 0.257 e. The predicted octanol–water partition coefficient (Wildman–Crippen LogP) is 4.58. The number of ether oxygens (including phenoxy) is 1. The summed E-state index contributed by atoms with van der Waals surface area (Å²) >= 11 is 0. The minimum atomic E-state index is -0.0103. The molecule has 0 atom stereocenters. The van der Waals surface area contributed by atoms with Crippen LogP contribution in [0.3, 0.4) is 0 Å². The first kappa shape index (κ1) is 22.9. The Morgan fingerprint density at radius 1 is 0.917 bits per heavy atom. The Morgan fingerprint density at radius 2 is 1.69 bits per heavy atom. The number of benzene rings is 3. The molecule has 0 N–H and O–H groups in total. The molecule has 0 fully saturated rings. The van der Waals surface area contributed by atoms with Crippen molar-refractivity contribution in [3.63, 3.8) is 0 Å². The molecule has 180 valence electrons. The van der Waals surface area contributed by atoms with Crippen molar-refractivity contribution in [2.45, 2.75) is 20.0 Å². The van der Waals surface area contributed by atoms with Crippen molar-refractivity contribution in [2.75, 3.05) is 0 Å². The van der Waals surface area contributed by atoms with Gasteiger partial charge in [-0.1, -0.05) is 60.6 Å². The van der Waals surface area contributed by atoms with Gasteiger partial charge in [0.2, 0.25) is 11.7 Å². The molecule has 2 aromatic heterocycles. The lowest BCUT2D eigenvalue weighted by atomic mass is 10.1. The Labute approximate surface area is 207 Å². The van der Waals surface area contributed by atoms with E-state index in [4.69, 9.17) is 14.0 Å². The zero-order valence-corrected chi connectivity index (χ0v) is 19.8. The van der Waals surface area contributed by atoms with Crippen LogP contribution in [0.15, 0.2) is 88.4 Å². The summed E-state index contributed by atoms with van der Waals surface area (Å²) in [7, 11) is 1.73. The lowest BCUT2D eigenvalue weighted by Gasteiger charge is -2.09. The van der Waals surface area contributed by atoms with Gasteiger partial charge < -0.3 is 14.0 Å². The summed E-state index contributed by atoms with van der Waals surface area (Å²) in [6.07, 6.45) is 0.896. The van der Waals surface area contributed by atoms with E-state index in [9.17, 15) is 0 Å².